The summed E-state index contributed by atoms with van der Waals surface area (Å²) in [5.74, 6) is 0. The number of hydrogen-bond donors (Lipinski definition) is 1. The fraction of sp³-hybridized carbons (Fsp3) is 0.625. The monoisotopic (exact) mass is 359 g/mol. The molecule has 2 N–H and O–H groups in total. The first-order chi connectivity index (χ1) is 10.4. The van der Waals surface area contributed by atoms with E-state index < -0.39 is 10.0 Å². The highest BCUT2D eigenvalue weighted by Gasteiger charge is 2.23. The summed E-state index contributed by atoms with van der Waals surface area (Å²) in [6.07, 6.45) is 4.79. The Morgan fingerprint density at radius 3 is 2.70 bits per heavy atom. The standard InChI is InChI=1S/C16H25N3O2S.ClH/c1-18-8-2-3-15(18)7-10-19-9-6-13-4-5-16(22(17,20)21)11-14(13)12-19;/h4-5,11,15H,2-3,6-10,12H2,1H3,(H2,17,20,21);1H. The smallest absolute Gasteiger partial charge is 0.238 e. The Balaban J connectivity index is 0.00000192. The third-order valence-electron chi connectivity index (χ3n) is 5.05. The molecule has 1 saturated heterocycles. The SMILES string of the molecule is CN1CCCC1CCN1CCc2ccc(S(N)(=O)=O)cc2C1.Cl. The van der Waals surface area contributed by atoms with Crippen LogP contribution in [0.5, 0.6) is 0 Å². The Morgan fingerprint density at radius 1 is 1.26 bits per heavy atom. The molecule has 1 unspecified atom stereocenters. The number of rotatable bonds is 4. The van der Waals surface area contributed by atoms with E-state index in [2.05, 4.69) is 16.8 Å². The van der Waals surface area contributed by atoms with Crippen molar-refractivity contribution >= 4 is 22.4 Å². The van der Waals surface area contributed by atoms with Crippen LogP contribution in [-0.2, 0) is 23.0 Å². The lowest BCUT2D eigenvalue weighted by atomic mass is 9.99. The maximum absolute atomic E-state index is 11.5. The van der Waals surface area contributed by atoms with Crippen LogP contribution in [0.1, 0.15) is 30.4 Å². The van der Waals surface area contributed by atoms with Crippen LogP contribution in [0.4, 0.5) is 0 Å². The van der Waals surface area contributed by atoms with E-state index in [-0.39, 0.29) is 17.3 Å². The normalized spacial score (nSPS) is 22.6. The van der Waals surface area contributed by atoms with Crippen LogP contribution in [0, 0.1) is 0 Å². The maximum atomic E-state index is 11.5. The molecular formula is C16H26ClN3O2S. The molecule has 2 heterocycles. The highest BCUT2D eigenvalue weighted by atomic mass is 35.5. The molecule has 1 aromatic carbocycles. The lowest BCUT2D eigenvalue weighted by molar-refractivity contribution is 0.211. The van der Waals surface area contributed by atoms with E-state index in [9.17, 15) is 8.42 Å². The minimum absolute atomic E-state index is 0. The molecule has 5 nitrogen and oxygen atoms in total. The van der Waals surface area contributed by atoms with E-state index in [0.717, 1.165) is 31.6 Å². The number of halogens is 1. The molecule has 2 aliphatic rings. The number of fused-ring (bicyclic) bond motifs is 1. The van der Waals surface area contributed by atoms with E-state index in [1.165, 1.54) is 31.4 Å². The summed E-state index contributed by atoms with van der Waals surface area (Å²) in [7, 11) is -1.40. The van der Waals surface area contributed by atoms with Crippen LogP contribution in [0.2, 0.25) is 0 Å². The second-order valence-corrected chi connectivity index (χ2v) is 8.13. The van der Waals surface area contributed by atoms with Crippen molar-refractivity contribution in [3.8, 4) is 0 Å². The number of primary sulfonamides is 1. The molecule has 0 saturated carbocycles. The summed E-state index contributed by atoms with van der Waals surface area (Å²) in [5, 5.41) is 5.23. The lowest BCUT2D eigenvalue weighted by Crippen LogP contribution is -2.35. The van der Waals surface area contributed by atoms with Gasteiger partial charge in [-0.15, -0.1) is 12.4 Å². The quantitative estimate of drug-likeness (QED) is 0.886. The van der Waals surface area contributed by atoms with Gasteiger partial charge in [0.2, 0.25) is 10.0 Å². The Morgan fingerprint density at radius 2 is 2.04 bits per heavy atom. The van der Waals surface area contributed by atoms with E-state index in [1.807, 2.05) is 6.07 Å². The fourth-order valence-corrected chi connectivity index (χ4v) is 4.20. The topological polar surface area (TPSA) is 66.6 Å². The Hall–Kier alpha value is -0.660. The van der Waals surface area contributed by atoms with Crippen LogP contribution >= 0.6 is 12.4 Å². The second kappa shape index (κ2) is 7.49. The van der Waals surface area contributed by atoms with E-state index in [4.69, 9.17) is 5.14 Å². The van der Waals surface area contributed by atoms with Crippen LogP contribution in [-0.4, -0.2) is 50.9 Å². The van der Waals surface area contributed by atoms with E-state index in [0.29, 0.717) is 6.04 Å². The Labute approximate surface area is 145 Å². The largest absolute Gasteiger partial charge is 0.303 e. The van der Waals surface area contributed by atoms with E-state index >= 15 is 0 Å². The highest BCUT2D eigenvalue weighted by molar-refractivity contribution is 7.89. The molecule has 3 rings (SSSR count). The zero-order valence-electron chi connectivity index (χ0n) is 13.6. The van der Waals surface area contributed by atoms with Crippen LogP contribution in [0.3, 0.4) is 0 Å². The van der Waals surface area contributed by atoms with Crippen molar-refractivity contribution in [1.29, 1.82) is 0 Å². The third kappa shape index (κ3) is 4.45. The van der Waals surface area contributed by atoms with Gasteiger partial charge in [-0.3, -0.25) is 4.90 Å². The second-order valence-electron chi connectivity index (χ2n) is 6.57. The molecule has 1 atom stereocenters. The molecule has 0 aromatic heterocycles. The van der Waals surface area contributed by atoms with E-state index in [1.54, 1.807) is 12.1 Å². The van der Waals surface area contributed by atoms with Crippen molar-refractivity contribution < 1.29 is 8.42 Å². The molecule has 7 heteroatoms. The number of sulfonamides is 1. The molecular weight excluding hydrogens is 334 g/mol. The van der Waals surface area contributed by atoms with Crippen molar-refractivity contribution in [3.05, 3.63) is 29.3 Å². The van der Waals surface area contributed by atoms with Gasteiger partial charge in [0.25, 0.3) is 0 Å². The molecule has 0 amide bonds. The lowest BCUT2D eigenvalue weighted by Gasteiger charge is -2.30. The zero-order valence-corrected chi connectivity index (χ0v) is 15.2. The average Bonchev–Trinajstić information content (AvgIpc) is 2.88. The number of likely N-dealkylation sites (tertiary alicyclic amines) is 1. The first kappa shape index (κ1) is 18.7. The third-order valence-corrected chi connectivity index (χ3v) is 5.96. The van der Waals surface area contributed by atoms with Crippen molar-refractivity contribution in [2.24, 2.45) is 5.14 Å². The number of nitrogens with zero attached hydrogens (tertiary/aromatic N) is 2. The first-order valence-corrected chi connectivity index (χ1v) is 9.55. The van der Waals surface area contributed by atoms with Crippen molar-refractivity contribution in [2.75, 3.05) is 26.7 Å². The predicted octanol–water partition coefficient (Wildman–Crippen LogP) is 1.60. The summed E-state index contributed by atoms with van der Waals surface area (Å²) in [6, 6.07) is 5.99. The average molecular weight is 360 g/mol. The molecule has 130 valence electrons. The molecule has 1 fully saturated rings. The van der Waals surface area contributed by atoms with Crippen LogP contribution in [0.15, 0.2) is 23.1 Å². The first-order valence-electron chi connectivity index (χ1n) is 8.01. The van der Waals surface area contributed by atoms with Gasteiger partial charge >= 0.3 is 0 Å². The Bertz CT molecular complexity index is 651. The predicted molar refractivity (Wildman–Crippen MR) is 94.3 cm³/mol. The van der Waals surface area contributed by atoms with Gasteiger partial charge in [0.05, 0.1) is 4.90 Å². The molecule has 0 aliphatic carbocycles. The van der Waals surface area contributed by atoms with Crippen LogP contribution < -0.4 is 5.14 Å². The molecule has 0 bridgehead atoms. The molecule has 23 heavy (non-hydrogen) atoms. The van der Waals surface area contributed by atoms with Crippen LogP contribution in [0.25, 0.3) is 0 Å². The van der Waals surface area contributed by atoms with Gasteiger partial charge in [-0.05, 0) is 69.1 Å². The van der Waals surface area contributed by atoms with Gasteiger partial charge in [0, 0.05) is 19.1 Å². The van der Waals surface area contributed by atoms with Gasteiger partial charge in [0.15, 0.2) is 0 Å². The molecule has 0 spiro atoms. The van der Waals surface area contributed by atoms with Gasteiger partial charge in [-0.2, -0.15) is 0 Å². The molecule has 1 aromatic rings. The summed E-state index contributed by atoms with van der Waals surface area (Å²) in [4.78, 5) is 5.11. The molecule has 2 aliphatic heterocycles. The van der Waals surface area contributed by atoms with Crippen molar-refractivity contribution in [1.82, 2.24) is 9.80 Å². The maximum Gasteiger partial charge on any atom is 0.238 e. The number of benzene rings is 1. The summed E-state index contributed by atoms with van der Waals surface area (Å²) in [6.45, 7) is 4.17. The number of hydrogen-bond acceptors (Lipinski definition) is 4. The minimum Gasteiger partial charge on any atom is -0.303 e. The van der Waals surface area contributed by atoms with Gasteiger partial charge in [0.1, 0.15) is 0 Å². The van der Waals surface area contributed by atoms with Crippen molar-refractivity contribution in [2.45, 2.75) is 43.2 Å². The summed E-state index contributed by atoms with van der Waals surface area (Å²) < 4.78 is 23.0. The van der Waals surface area contributed by atoms with Gasteiger partial charge in [-0.25, -0.2) is 13.6 Å². The summed E-state index contributed by atoms with van der Waals surface area (Å²) >= 11 is 0. The highest BCUT2D eigenvalue weighted by Crippen LogP contribution is 2.24. The molecule has 0 radical (unpaired) electrons. The van der Waals surface area contributed by atoms with Gasteiger partial charge < -0.3 is 4.90 Å². The van der Waals surface area contributed by atoms with Gasteiger partial charge in [-0.1, -0.05) is 6.07 Å². The number of nitrogens with two attached hydrogens (primary N) is 1. The summed E-state index contributed by atoms with van der Waals surface area (Å²) in [5.41, 5.74) is 2.36. The minimum atomic E-state index is -3.61. The zero-order chi connectivity index (χ0) is 15.7. The fourth-order valence-electron chi connectivity index (χ4n) is 3.64. The van der Waals surface area contributed by atoms with Crippen molar-refractivity contribution in [3.63, 3.8) is 0 Å². The Kier molecular flexibility index (Phi) is 6.08.